The van der Waals surface area contributed by atoms with Crippen molar-refractivity contribution in [1.29, 1.82) is 0 Å². The Hall–Kier alpha value is -1.89. The van der Waals surface area contributed by atoms with E-state index in [-0.39, 0.29) is 0 Å². The lowest BCUT2D eigenvalue weighted by Gasteiger charge is -2.14. The fourth-order valence-electron chi connectivity index (χ4n) is 2.72. The maximum atomic E-state index is 4.73. The molecular formula is C19H32N6S. The molecule has 1 unspecified atom stereocenters. The molecule has 26 heavy (non-hydrogen) atoms. The molecule has 144 valence electrons. The minimum atomic E-state index is 0.425. The lowest BCUT2D eigenvalue weighted by Crippen LogP contribution is -2.38. The summed E-state index contributed by atoms with van der Waals surface area (Å²) in [5, 5.41) is 12.5. The number of guanidine groups is 1. The fourth-order valence-corrected chi connectivity index (χ4v) is 3.58. The summed E-state index contributed by atoms with van der Waals surface area (Å²) in [7, 11) is 0. The van der Waals surface area contributed by atoms with Crippen LogP contribution in [0.25, 0.3) is 0 Å². The van der Waals surface area contributed by atoms with E-state index in [1.807, 2.05) is 13.1 Å². The number of rotatable bonds is 9. The van der Waals surface area contributed by atoms with Gasteiger partial charge in [0.1, 0.15) is 0 Å². The average Bonchev–Trinajstić information content (AvgIpc) is 3.18. The Kier molecular flexibility index (Phi) is 8.09. The smallest absolute Gasteiger partial charge is 0.191 e. The molecule has 0 amide bonds. The third-order valence-electron chi connectivity index (χ3n) is 4.07. The first-order valence-corrected chi connectivity index (χ1v) is 10.3. The van der Waals surface area contributed by atoms with Crippen molar-refractivity contribution < 1.29 is 0 Å². The number of thiazole rings is 1. The number of aliphatic imine (C=N–C) groups is 1. The largest absolute Gasteiger partial charge is 0.357 e. The molecule has 0 saturated heterocycles. The average molecular weight is 377 g/mol. The summed E-state index contributed by atoms with van der Waals surface area (Å²) in [6.07, 6.45) is 3.97. The maximum Gasteiger partial charge on any atom is 0.191 e. The summed E-state index contributed by atoms with van der Waals surface area (Å²) < 4.78 is 2.07. The van der Waals surface area contributed by atoms with Gasteiger partial charge in [-0.05, 0) is 39.2 Å². The number of hydrogen-bond acceptors (Lipinski definition) is 4. The third-order valence-corrected chi connectivity index (χ3v) is 5.28. The van der Waals surface area contributed by atoms with E-state index in [4.69, 9.17) is 4.99 Å². The quantitative estimate of drug-likeness (QED) is 0.522. The van der Waals surface area contributed by atoms with Gasteiger partial charge >= 0.3 is 0 Å². The van der Waals surface area contributed by atoms with Gasteiger partial charge in [-0.25, -0.2) is 4.98 Å². The van der Waals surface area contributed by atoms with Gasteiger partial charge in [0, 0.05) is 49.4 Å². The number of nitrogens with zero attached hydrogens (tertiary/aromatic N) is 4. The first-order valence-electron chi connectivity index (χ1n) is 9.48. The predicted octanol–water partition coefficient (Wildman–Crippen LogP) is 2.95. The van der Waals surface area contributed by atoms with Crippen LogP contribution in [-0.2, 0) is 19.4 Å². The van der Waals surface area contributed by atoms with E-state index >= 15 is 0 Å². The lowest BCUT2D eigenvalue weighted by molar-refractivity contribution is 0.449. The number of hydrogen-bond donors (Lipinski definition) is 2. The van der Waals surface area contributed by atoms with Crippen molar-refractivity contribution in [3.05, 3.63) is 33.5 Å². The minimum absolute atomic E-state index is 0.425. The number of nitrogens with one attached hydrogen (secondary N) is 2. The molecular weight excluding hydrogens is 344 g/mol. The highest BCUT2D eigenvalue weighted by Crippen LogP contribution is 2.13. The number of aryl methyl sites for hydroxylation is 3. The molecule has 2 heterocycles. The zero-order valence-corrected chi connectivity index (χ0v) is 17.5. The van der Waals surface area contributed by atoms with Crippen molar-refractivity contribution in [2.75, 3.05) is 19.6 Å². The maximum absolute atomic E-state index is 4.73. The fraction of sp³-hybridized carbons (Fsp3) is 0.632. The van der Waals surface area contributed by atoms with E-state index in [0.29, 0.717) is 5.92 Å². The zero-order chi connectivity index (χ0) is 18.9. The van der Waals surface area contributed by atoms with Gasteiger partial charge in [-0.1, -0.05) is 13.8 Å². The van der Waals surface area contributed by atoms with Gasteiger partial charge in [0.25, 0.3) is 0 Å². The predicted molar refractivity (Wildman–Crippen MR) is 110 cm³/mol. The topological polar surface area (TPSA) is 67.1 Å². The normalized spacial score (nSPS) is 13.0. The van der Waals surface area contributed by atoms with Crippen LogP contribution in [-0.4, -0.2) is 40.4 Å². The van der Waals surface area contributed by atoms with Crippen molar-refractivity contribution in [2.45, 2.75) is 54.0 Å². The summed E-state index contributed by atoms with van der Waals surface area (Å²) in [4.78, 5) is 10.6. The Bertz CT molecular complexity index is 703. The van der Waals surface area contributed by atoms with Crippen LogP contribution in [0.5, 0.6) is 0 Å². The summed E-state index contributed by atoms with van der Waals surface area (Å²) >= 11 is 1.80. The molecule has 0 fully saturated rings. The summed E-state index contributed by atoms with van der Waals surface area (Å²) in [6.45, 7) is 14.0. The van der Waals surface area contributed by atoms with Crippen LogP contribution in [0.15, 0.2) is 17.3 Å². The second-order valence-electron chi connectivity index (χ2n) is 6.68. The van der Waals surface area contributed by atoms with Crippen LogP contribution in [0.2, 0.25) is 0 Å². The standard InChI is InChI=1S/C19H32N6S/c1-6-17-12-22-18(26-17)8-9-21-19(20-7-2)23-11-14(3)13-25-16(5)10-15(4)24-25/h10,12,14H,6-9,11,13H2,1-5H3,(H2,20,21,23). The van der Waals surface area contributed by atoms with Gasteiger partial charge in [-0.3, -0.25) is 9.67 Å². The SMILES string of the molecule is CCNC(=NCC(C)Cn1nc(C)cc1C)NCCc1ncc(CC)s1. The minimum Gasteiger partial charge on any atom is -0.357 e. The third kappa shape index (κ3) is 6.44. The molecule has 0 saturated carbocycles. The Morgan fingerprint density at radius 3 is 2.73 bits per heavy atom. The molecule has 7 heteroatoms. The molecule has 0 bridgehead atoms. The highest BCUT2D eigenvalue weighted by atomic mass is 32.1. The van der Waals surface area contributed by atoms with Crippen LogP contribution >= 0.6 is 11.3 Å². The molecule has 1 atom stereocenters. The van der Waals surface area contributed by atoms with E-state index in [2.05, 4.69) is 59.2 Å². The van der Waals surface area contributed by atoms with Gasteiger partial charge in [-0.2, -0.15) is 5.10 Å². The highest BCUT2D eigenvalue weighted by Gasteiger charge is 2.08. The Morgan fingerprint density at radius 2 is 2.12 bits per heavy atom. The second-order valence-corrected chi connectivity index (χ2v) is 7.88. The molecule has 0 spiro atoms. The van der Waals surface area contributed by atoms with Crippen molar-refractivity contribution in [3.8, 4) is 0 Å². The van der Waals surface area contributed by atoms with Crippen LogP contribution in [0, 0.1) is 19.8 Å². The Balaban J connectivity index is 1.81. The van der Waals surface area contributed by atoms with Crippen LogP contribution in [0.3, 0.4) is 0 Å². The van der Waals surface area contributed by atoms with Crippen molar-refractivity contribution in [2.24, 2.45) is 10.9 Å². The molecule has 2 N–H and O–H groups in total. The Labute approximate surface area is 161 Å². The summed E-state index contributed by atoms with van der Waals surface area (Å²) in [5.74, 6) is 1.30. The molecule has 2 aromatic heterocycles. The zero-order valence-electron chi connectivity index (χ0n) is 16.7. The molecule has 0 aliphatic rings. The molecule has 0 radical (unpaired) electrons. The summed E-state index contributed by atoms with van der Waals surface area (Å²) in [6, 6.07) is 2.12. The lowest BCUT2D eigenvalue weighted by atomic mass is 10.2. The molecule has 0 aromatic carbocycles. The molecule has 6 nitrogen and oxygen atoms in total. The van der Waals surface area contributed by atoms with Crippen molar-refractivity contribution in [1.82, 2.24) is 25.4 Å². The highest BCUT2D eigenvalue weighted by molar-refractivity contribution is 7.11. The molecule has 0 aliphatic carbocycles. The van der Waals surface area contributed by atoms with Crippen LogP contribution in [0.4, 0.5) is 0 Å². The van der Waals surface area contributed by atoms with Gasteiger partial charge in [0.15, 0.2) is 5.96 Å². The molecule has 2 rings (SSSR count). The second kappa shape index (κ2) is 10.3. The molecule has 2 aromatic rings. The van der Waals surface area contributed by atoms with Gasteiger partial charge in [0.05, 0.1) is 10.7 Å². The first kappa shape index (κ1) is 20.4. The monoisotopic (exact) mass is 376 g/mol. The van der Waals surface area contributed by atoms with E-state index in [9.17, 15) is 0 Å². The van der Waals surface area contributed by atoms with Crippen LogP contribution < -0.4 is 10.6 Å². The first-order chi connectivity index (χ1) is 12.5. The van der Waals surface area contributed by atoms with Crippen LogP contribution in [0.1, 0.15) is 42.0 Å². The van der Waals surface area contributed by atoms with Crippen molar-refractivity contribution >= 4 is 17.3 Å². The van der Waals surface area contributed by atoms with Crippen molar-refractivity contribution in [3.63, 3.8) is 0 Å². The van der Waals surface area contributed by atoms with E-state index in [0.717, 1.165) is 50.7 Å². The van der Waals surface area contributed by atoms with E-state index in [1.165, 1.54) is 15.6 Å². The molecule has 0 aliphatic heterocycles. The summed E-state index contributed by atoms with van der Waals surface area (Å²) in [5.41, 5.74) is 2.28. The Morgan fingerprint density at radius 1 is 1.31 bits per heavy atom. The van der Waals surface area contributed by atoms with Gasteiger partial charge < -0.3 is 10.6 Å². The van der Waals surface area contributed by atoms with Gasteiger partial charge in [-0.15, -0.1) is 11.3 Å². The van der Waals surface area contributed by atoms with E-state index in [1.54, 1.807) is 11.3 Å². The van der Waals surface area contributed by atoms with Gasteiger partial charge in [0.2, 0.25) is 0 Å². The number of aromatic nitrogens is 3. The van der Waals surface area contributed by atoms with E-state index < -0.39 is 0 Å².